The Morgan fingerprint density at radius 3 is 2.73 bits per heavy atom. The number of carboxylic acid groups (broad SMARTS) is 1. The molecule has 15 heavy (non-hydrogen) atoms. The summed E-state index contributed by atoms with van der Waals surface area (Å²) in [6, 6.07) is -0.0516. The topological polar surface area (TPSA) is 92.4 Å². The molecule has 0 radical (unpaired) electrons. The van der Waals surface area contributed by atoms with Gasteiger partial charge in [0.25, 0.3) is 0 Å². The number of anilines is 1. The van der Waals surface area contributed by atoms with Gasteiger partial charge in [-0.2, -0.15) is 0 Å². The number of hydrogen-bond donors (Lipinski definition) is 2. The van der Waals surface area contributed by atoms with Crippen molar-refractivity contribution < 1.29 is 19.1 Å². The molecular formula is C9H10N2O4. The predicted molar refractivity (Wildman–Crippen MR) is 49.4 cm³/mol. The van der Waals surface area contributed by atoms with E-state index in [1.807, 2.05) is 0 Å². The number of amides is 1. The molecule has 1 aromatic rings. The van der Waals surface area contributed by atoms with Gasteiger partial charge in [0.15, 0.2) is 0 Å². The third-order valence-electron chi connectivity index (χ3n) is 2.42. The first-order valence-corrected chi connectivity index (χ1v) is 4.67. The summed E-state index contributed by atoms with van der Waals surface area (Å²) in [6.45, 7) is 0. The van der Waals surface area contributed by atoms with E-state index in [9.17, 15) is 9.59 Å². The van der Waals surface area contributed by atoms with Crippen molar-refractivity contribution in [3.63, 3.8) is 0 Å². The van der Waals surface area contributed by atoms with Crippen LogP contribution in [0.5, 0.6) is 0 Å². The molecule has 1 aromatic heterocycles. The number of rotatable bonds is 3. The van der Waals surface area contributed by atoms with Crippen molar-refractivity contribution in [1.29, 1.82) is 0 Å². The third-order valence-corrected chi connectivity index (χ3v) is 2.42. The van der Waals surface area contributed by atoms with Crippen LogP contribution in [0.3, 0.4) is 0 Å². The summed E-state index contributed by atoms with van der Waals surface area (Å²) in [4.78, 5) is 25.5. The van der Waals surface area contributed by atoms with Crippen molar-refractivity contribution in [3.05, 3.63) is 12.0 Å². The standard InChI is InChI=1S/C9H10N2O4/c12-7(5-2-1-3-5)11-9-10-4-6(15-9)8(13)14/h4-5H,1-3H2,(H,13,14)(H,10,11,12). The highest BCUT2D eigenvalue weighted by Gasteiger charge is 2.26. The Balaban J connectivity index is 1.97. The van der Waals surface area contributed by atoms with Crippen LogP contribution in [0.25, 0.3) is 0 Å². The molecule has 1 amide bonds. The molecule has 0 aromatic carbocycles. The SMILES string of the molecule is O=C(O)c1cnc(NC(=O)C2CCC2)o1. The Hall–Kier alpha value is -1.85. The Labute approximate surface area is 85.3 Å². The van der Waals surface area contributed by atoms with Crippen LogP contribution in [-0.4, -0.2) is 22.0 Å². The Morgan fingerprint density at radius 1 is 1.53 bits per heavy atom. The fourth-order valence-corrected chi connectivity index (χ4v) is 1.31. The lowest BCUT2D eigenvalue weighted by atomic mass is 9.85. The Morgan fingerprint density at radius 2 is 2.27 bits per heavy atom. The minimum absolute atomic E-state index is 0.0187. The minimum Gasteiger partial charge on any atom is -0.475 e. The van der Waals surface area contributed by atoms with Crippen LogP contribution in [0.15, 0.2) is 10.6 Å². The average molecular weight is 210 g/mol. The lowest BCUT2D eigenvalue weighted by molar-refractivity contribution is -0.122. The maximum atomic E-state index is 11.4. The third kappa shape index (κ3) is 1.98. The lowest BCUT2D eigenvalue weighted by Crippen LogP contribution is -2.28. The van der Waals surface area contributed by atoms with Gasteiger partial charge in [0, 0.05) is 5.92 Å². The molecular weight excluding hydrogens is 200 g/mol. The molecule has 6 nitrogen and oxygen atoms in total. The molecule has 0 atom stereocenters. The predicted octanol–water partition coefficient (Wildman–Crippen LogP) is 1.11. The van der Waals surface area contributed by atoms with Crippen molar-refractivity contribution in [2.75, 3.05) is 5.32 Å². The van der Waals surface area contributed by atoms with Gasteiger partial charge in [-0.05, 0) is 12.8 Å². The van der Waals surface area contributed by atoms with Gasteiger partial charge in [-0.25, -0.2) is 9.78 Å². The summed E-state index contributed by atoms with van der Waals surface area (Å²) in [5, 5.41) is 11.0. The summed E-state index contributed by atoms with van der Waals surface area (Å²) in [5.74, 6) is -1.62. The molecule has 0 aliphatic heterocycles. The first-order chi connectivity index (χ1) is 7.16. The fraction of sp³-hybridized carbons (Fsp3) is 0.444. The second-order valence-electron chi connectivity index (χ2n) is 3.45. The number of nitrogens with one attached hydrogen (secondary N) is 1. The van der Waals surface area contributed by atoms with E-state index in [1.54, 1.807) is 0 Å². The van der Waals surface area contributed by atoms with Crippen LogP contribution in [0.2, 0.25) is 0 Å². The molecule has 0 spiro atoms. The van der Waals surface area contributed by atoms with E-state index in [1.165, 1.54) is 0 Å². The number of carbonyl (C=O) groups is 2. The van der Waals surface area contributed by atoms with E-state index in [0.29, 0.717) is 0 Å². The van der Waals surface area contributed by atoms with E-state index in [2.05, 4.69) is 10.3 Å². The van der Waals surface area contributed by atoms with Crippen LogP contribution in [-0.2, 0) is 4.79 Å². The first kappa shape index (κ1) is 9.70. The maximum Gasteiger partial charge on any atom is 0.373 e. The zero-order chi connectivity index (χ0) is 10.8. The second kappa shape index (κ2) is 3.72. The number of oxazole rings is 1. The van der Waals surface area contributed by atoms with E-state index in [-0.39, 0.29) is 23.6 Å². The van der Waals surface area contributed by atoms with Gasteiger partial charge in [0.1, 0.15) is 0 Å². The van der Waals surface area contributed by atoms with E-state index in [4.69, 9.17) is 9.52 Å². The highest BCUT2D eigenvalue weighted by Crippen LogP contribution is 2.27. The molecule has 2 rings (SSSR count). The van der Waals surface area contributed by atoms with E-state index < -0.39 is 5.97 Å². The van der Waals surface area contributed by atoms with Crippen LogP contribution in [0.4, 0.5) is 6.01 Å². The summed E-state index contributed by atoms with van der Waals surface area (Å²) >= 11 is 0. The Kier molecular flexibility index (Phi) is 2.40. The highest BCUT2D eigenvalue weighted by molar-refractivity contribution is 5.91. The molecule has 1 aliphatic carbocycles. The van der Waals surface area contributed by atoms with Crippen molar-refractivity contribution in [3.8, 4) is 0 Å². The Bertz CT molecular complexity index is 395. The normalized spacial score (nSPS) is 15.7. The zero-order valence-corrected chi connectivity index (χ0v) is 7.90. The van der Waals surface area contributed by atoms with E-state index >= 15 is 0 Å². The molecule has 1 heterocycles. The molecule has 6 heteroatoms. The lowest BCUT2D eigenvalue weighted by Gasteiger charge is -2.22. The van der Waals surface area contributed by atoms with Gasteiger partial charge in [-0.1, -0.05) is 6.42 Å². The number of aromatic nitrogens is 1. The number of hydrogen-bond acceptors (Lipinski definition) is 4. The largest absolute Gasteiger partial charge is 0.475 e. The molecule has 0 bridgehead atoms. The number of aromatic carboxylic acids is 1. The molecule has 0 saturated heterocycles. The summed E-state index contributed by atoms with van der Waals surface area (Å²) in [7, 11) is 0. The van der Waals surface area contributed by atoms with Gasteiger partial charge in [0.05, 0.1) is 6.20 Å². The van der Waals surface area contributed by atoms with Gasteiger partial charge in [0.2, 0.25) is 11.7 Å². The summed E-state index contributed by atoms with van der Waals surface area (Å²) in [5.41, 5.74) is 0. The molecule has 2 N–H and O–H groups in total. The molecule has 80 valence electrons. The van der Waals surface area contributed by atoms with Crippen molar-refractivity contribution in [2.24, 2.45) is 5.92 Å². The van der Waals surface area contributed by atoms with Crippen LogP contribution >= 0.6 is 0 Å². The smallest absolute Gasteiger partial charge is 0.373 e. The van der Waals surface area contributed by atoms with Gasteiger partial charge in [-0.3, -0.25) is 10.1 Å². The summed E-state index contributed by atoms with van der Waals surface area (Å²) in [6.07, 6.45) is 3.87. The second-order valence-corrected chi connectivity index (χ2v) is 3.45. The molecule has 0 unspecified atom stereocenters. The van der Waals surface area contributed by atoms with E-state index in [0.717, 1.165) is 25.5 Å². The quantitative estimate of drug-likeness (QED) is 0.779. The first-order valence-electron chi connectivity index (χ1n) is 4.67. The zero-order valence-electron chi connectivity index (χ0n) is 7.90. The fourth-order valence-electron chi connectivity index (χ4n) is 1.31. The van der Waals surface area contributed by atoms with Crippen molar-refractivity contribution in [2.45, 2.75) is 19.3 Å². The van der Waals surface area contributed by atoms with Crippen molar-refractivity contribution in [1.82, 2.24) is 4.98 Å². The number of nitrogens with zero attached hydrogens (tertiary/aromatic N) is 1. The van der Waals surface area contributed by atoms with Gasteiger partial charge < -0.3 is 9.52 Å². The van der Waals surface area contributed by atoms with Gasteiger partial charge >= 0.3 is 12.0 Å². The average Bonchev–Trinajstić information content (AvgIpc) is 2.48. The monoisotopic (exact) mass is 210 g/mol. The highest BCUT2D eigenvalue weighted by atomic mass is 16.4. The molecule has 1 aliphatic rings. The number of carbonyl (C=O) groups excluding carboxylic acids is 1. The maximum absolute atomic E-state index is 11.4. The van der Waals surface area contributed by atoms with Crippen LogP contribution < -0.4 is 5.32 Å². The van der Waals surface area contributed by atoms with Crippen LogP contribution in [0.1, 0.15) is 29.8 Å². The molecule has 1 fully saturated rings. The summed E-state index contributed by atoms with van der Waals surface area (Å²) < 4.78 is 4.79. The molecule has 1 saturated carbocycles. The van der Waals surface area contributed by atoms with Crippen LogP contribution in [0, 0.1) is 5.92 Å². The van der Waals surface area contributed by atoms with Crippen molar-refractivity contribution >= 4 is 17.9 Å². The minimum atomic E-state index is -1.20. The van der Waals surface area contributed by atoms with Gasteiger partial charge in [-0.15, -0.1) is 0 Å². The number of carboxylic acids is 1.